The second-order valence-corrected chi connectivity index (χ2v) is 5.50. The summed E-state index contributed by atoms with van der Waals surface area (Å²) in [6.07, 6.45) is 3.62. The van der Waals surface area contributed by atoms with Crippen LogP contribution in [0.5, 0.6) is 0 Å². The highest BCUT2D eigenvalue weighted by Gasteiger charge is 2.14. The fraction of sp³-hybridized carbons (Fsp3) is 0.462. The average molecular weight is 340 g/mol. The molecular weight excluding hydrogens is 322 g/mol. The van der Waals surface area contributed by atoms with Crippen LogP contribution in [0.2, 0.25) is 0 Å². The predicted octanol–water partition coefficient (Wildman–Crippen LogP) is 1.83. The summed E-state index contributed by atoms with van der Waals surface area (Å²) in [7, 11) is 1.78. The highest BCUT2D eigenvalue weighted by molar-refractivity contribution is 9.10. The molecule has 20 heavy (non-hydrogen) atoms. The molecule has 2 rings (SSSR count). The summed E-state index contributed by atoms with van der Waals surface area (Å²) in [5.41, 5.74) is 1.84. The van der Waals surface area contributed by atoms with Gasteiger partial charge in [-0.3, -0.25) is 14.2 Å². The molecule has 7 heteroatoms. The maximum atomic E-state index is 12.2. The fourth-order valence-corrected chi connectivity index (χ4v) is 2.12. The number of aromatic nitrogens is 4. The van der Waals surface area contributed by atoms with Crippen LogP contribution in [0.1, 0.15) is 18.3 Å². The van der Waals surface area contributed by atoms with Crippen LogP contribution >= 0.6 is 15.9 Å². The standard InChI is InChI=1S/C13H18BrN5O/c1-4-18-6-5-11(16-18)8-17(3)13(20)9-19-10(2)12(14)7-15-19/h5-7H,4,8-9H2,1-3H3. The van der Waals surface area contributed by atoms with Gasteiger partial charge in [0.2, 0.25) is 5.91 Å². The van der Waals surface area contributed by atoms with Gasteiger partial charge in [-0.2, -0.15) is 10.2 Å². The second-order valence-electron chi connectivity index (χ2n) is 4.65. The van der Waals surface area contributed by atoms with Crippen molar-refractivity contribution < 1.29 is 4.79 Å². The first-order chi connectivity index (χ1) is 9.51. The third-order valence-corrected chi connectivity index (χ3v) is 3.95. The first kappa shape index (κ1) is 14.8. The maximum absolute atomic E-state index is 12.2. The molecule has 1 amide bonds. The molecule has 0 unspecified atom stereocenters. The molecule has 0 N–H and O–H groups in total. The third-order valence-electron chi connectivity index (χ3n) is 3.17. The van der Waals surface area contributed by atoms with Gasteiger partial charge in [0.25, 0.3) is 0 Å². The quantitative estimate of drug-likeness (QED) is 0.834. The number of carbonyl (C=O) groups excluding carboxylic acids is 1. The molecule has 0 aliphatic heterocycles. The lowest BCUT2D eigenvalue weighted by atomic mass is 10.4. The highest BCUT2D eigenvalue weighted by Crippen LogP contribution is 2.14. The molecule has 0 aromatic carbocycles. The van der Waals surface area contributed by atoms with Crippen molar-refractivity contribution in [1.29, 1.82) is 0 Å². The number of nitrogens with zero attached hydrogens (tertiary/aromatic N) is 5. The number of halogens is 1. The minimum Gasteiger partial charge on any atom is -0.338 e. The second kappa shape index (κ2) is 6.21. The lowest BCUT2D eigenvalue weighted by Gasteiger charge is -2.16. The summed E-state index contributed by atoms with van der Waals surface area (Å²) in [6.45, 7) is 5.53. The zero-order chi connectivity index (χ0) is 14.7. The smallest absolute Gasteiger partial charge is 0.244 e. The number of hydrogen-bond acceptors (Lipinski definition) is 3. The lowest BCUT2D eigenvalue weighted by Crippen LogP contribution is -2.30. The summed E-state index contributed by atoms with van der Waals surface area (Å²) in [5.74, 6) is 0.00903. The Balaban J connectivity index is 1.96. The van der Waals surface area contributed by atoms with Crippen molar-refractivity contribution >= 4 is 21.8 Å². The molecule has 6 nitrogen and oxygen atoms in total. The van der Waals surface area contributed by atoms with Gasteiger partial charge >= 0.3 is 0 Å². The number of hydrogen-bond donors (Lipinski definition) is 0. The van der Waals surface area contributed by atoms with Crippen LogP contribution in [0, 0.1) is 6.92 Å². The Morgan fingerprint density at radius 1 is 1.50 bits per heavy atom. The molecule has 0 saturated carbocycles. The van der Waals surface area contributed by atoms with Crippen LogP contribution in [0.25, 0.3) is 0 Å². The van der Waals surface area contributed by atoms with Crippen molar-refractivity contribution in [2.75, 3.05) is 7.05 Å². The van der Waals surface area contributed by atoms with Crippen LogP contribution < -0.4 is 0 Å². The fourth-order valence-electron chi connectivity index (χ4n) is 1.83. The lowest BCUT2D eigenvalue weighted by molar-refractivity contribution is -0.131. The van der Waals surface area contributed by atoms with E-state index in [2.05, 4.69) is 26.1 Å². The zero-order valence-corrected chi connectivity index (χ0v) is 13.5. The minimum atomic E-state index is 0.00903. The van der Waals surface area contributed by atoms with Gasteiger partial charge in [-0.05, 0) is 35.8 Å². The van der Waals surface area contributed by atoms with E-state index in [0.29, 0.717) is 6.54 Å². The topological polar surface area (TPSA) is 56.0 Å². The van der Waals surface area contributed by atoms with E-state index in [1.807, 2.05) is 30.8 Å². The molecule has 0 aliphatic carbocycles. The highest BCUT2D eigenvalue weighted by atomic mass is 79.9. The first-order valence-electron chi connectivity index (χ1n) is 6.45. The molecule has 2 heterocycles. The molecular formula is C13H18BrN5O. The molecule has 0 bridgehead atoms. The summed E-state index contributed by atoms with van der Waals surface area (Å²) in [4.78, 5) is 13.8. The van der Waals surface area contributed by atoms with Crippen LogP contribution in [0.4, 0.5) is 0 Å². The number of likely N-dealkylation sites (N-methyl/N-ethyl adjacent to an activating group) is 1. The molecule has 0 aliphatic rings. The van der Waals surface area contributed by atoms with Crippen molar-refractivity contribution in [1.82, 2.24) is 24.5 Å². The average Bonchev–Trinajstić information content (AvgIpc) is 3.00. The van der Waals surface area contributed by atoms with E-state index in [4.69, 9.17) is 0 Å². The number of rotatable bonds is 5. The Hall–Kier alpha value is -1.63. The molecule has 0 radical (unpaired) electrons. The van der Waals surface area contributed by atoms with Crippen molar-refractivity contribution in [3.05, 3.63) is 34.3 Å². The van der Waals surface area contributed by atoms with Crippen LogP contribution in [0.15, 0.2) is 22.9 Å². The van der Waals surface area contributed by atoms with Crippen LogP contribution in [0.3, 0.4) is 0 Å². The van der Waals surface area contributed by atoms with Gasteiger partial charge in [-0.25, -0.2) is 0 Å². The van der Waals surface area contributed by atoms with E-state index in [-0.39, 0.29) is 12.5 Å². The van der Waals surface area contributed by atoms with Gasteiger partial charge in [0.05, 0.1) is 28.6 Å². The minimum absolute atomic E-state index is 0.00903. The molecule has 0 atom stereocenters. The molecule has 0 fully saturated rings. The van der Waals surface area contributed by atoms with Gasteiger partial charge in [0.1, 0.15) is 6.54 Å². The normalized spacial score (nSPS) is 10.8. The van der Waals surface area contributed by atoms with E-state index in [0.717, 1.165) is 22.4 Å². The Morgan fingerprint density at radius 2 is 2.25 bits per heavy atom. The van der Waals surface area contributed by atoms with Crippen molar-refractivity contribution in [3.8, 4) is 0 Å². The SMILES string of the molecule is CCn1ccc(CN(C)C(=O)Cn2ncc(Br)c2C)n1. The predicted molar refractivity (Wildman–Crippen MR) is 79.0 cm³/mol. The van der Waals surface area contributed by atoms with Crippen molar-refractivity contribution in [3.63, 3.8) is 0 Å². The first-order valence-corrected chi connectivity index (χ1v) is 7.24. The Morgan fingerprint density at radius 3 is 2.80 bits per heavy atom. The van der Waals surface area contributed by atoms with E-state index >= 15 is 0 Å². The van der Waals surface area contributed by atoms with Crippen molar-refractivity contribution in [2.24, 2.45) is 0 Å². The van der Waals surface area contributed by atoms with Gasteiger partial charge < -0.3 is 4.90 Å². The summed E-state index contributed by atoms with van der Waals surface area (Å²) < 4.78 is 4.45. The van der Waals surface area contributed by atoms with E-state index in [9.17, 15) is 4.79 Å². The zero-order valence-electron chi connectivity index (χ0n) is 11.9. The van der Waals surface area contributed by atoms with E-state index in [1.54, 1.807) is 22.8 Å². The van der Waals surface area contributed by atoms with Crippen LogP contribution in [-0.2, 0) is 24.4 Å². The molecule has 108 valence electrons. The third kappa shape index (κ3) is 3.27. The summed E-state index contributed by atoms with van der Waals surface area (Å²) >= 11 is 3.39. The van der Waals surface area contributed by atoms with Gasteiger partial charge in [-0.1, -0.05) is 0 Å². The molecule has 0 saturated heterocycles. The van der Waals surface area contributed by atoms with Gasteiger partial charge in [-0.15, -0.1) is 0 Å². The van der Waals surface area contributed by atoms with E-state index in [1.165, 1.54) is 0 Å². The monoisotopic (exact) mass is 339 g/mol. The maximum Gasteiger partial charge on any atom is 0.244 e. The number of aryl methyl sites for hydroxylation is 1. The van der Waals surface area contributed by atoms with E-state index < -0.39 is 0 Å². The Kier molecular flexibility index (Phi) is 4.59. The van der Waals surface area contributed by atoms with Gasteiger partial charge in [0, 0.05) is 19.8 Å². The summed E-state index contributed by atoms with van der Waals surface area (Å²) in [5, 5.41) is 8.54. The molecule has 2 aromatic heterocycles. The Labute approximate surface area is 126 Å². The summed E-state index contributed by atoms with van der Waals surface area (Å²) in [6, 6.07) is 1.93. The van der Waals surface area contributed by atoms with Gasteiger partial charge in [0.15, 0.2) is 0 Å². The number of amides is 1. The molecule has 0 spiro atoms. The largest absolute Gasteiger partial charge is 0.338 e. The molecule has 2 aromatic rings. The number of carbonyl (C=O) groups is 1. The van der Waals surface area contributed by atoms with Crippen LogP contribution in [-0.4, -0.2) is 37.4 Å². The Bertz CT molecular complexity index is 604. The van der Waals surface area contributed by atoms with Crippen molar-refractivity contribution in [2.45, 2.75) is 33.5 Å².